The SMILES string of the molecule is CC(C)CCNC(=O)c1ccc(N(C)Cc2ccccc2)nn1. The van der Waals surface area contributed by atoms with Gasteiger partial charge in [0.05, 0.1) is 0 Å². The van der Waals surface area contributed by atoms with Gasteiger partial charge < -0.3 is 10.2 Å². The molecule has 0 radical (unpaired) electrons. The van der Waals surface area contributed by atoms with Crippen LogP contribution in [0.15, 0.2) is 42.5 Å². The molecule has 0 fully saturated rings. The maximum absolute atomic E-state index is 12.0. The van der Waals surface area contributed by atoms with Crippen molar-refractivity contribution in [1.82, 2.24) is 15.5 Å². The van der Waals surface area contributed by atoms with Crippen LogP contribution in [0.4, 0.5) is 5.82 Å². The lowest BCUT2D eigenvalue weighted by Gasteiger charge is -2.17. The Morgan fingerprint density at radius 2 is 1.87 bits per heavy atom. The van der Waals surface area contributed by atoms with Crippen LogP contribution in [0.2, 0.25) is 0 Å². The average Bonchev–Trinajstić information content (AvgIpc) is 2.55. The Kier molecular flexibility index (Phi) is 6.09. The molecule has 122 valence electrons. The first-order valence-corrected chi connectivity index (χ1v) is 7.93. The third-order valence-corrected chi connectivity index (χ3v) is 3.54. The fourth-order valence-corrected chi connectivity index (χ4v) is 2.15. The zero-order chi connectivity index (χ0) is 16.7. The van der Waals surface area contributed by atoms with Gasteiger partial charge in [-0.3, -0.25) is 4.79 Å². The molecule has 2 aromatic rings. The highest BCUT2D eigenvalue weighted by molar-refractivity contribution is 5.92. The van der Waals surface area contributed by atoms with Gasteiger partial charge in [0.25, 0.3) is 5.91 Å². The number of carbonyl (C=O) groups excluding carboxylic acids is 1. The number of anilines is 1. The van der Waals surface area contributed by atoms with Crippen molar-refractivity contribution in [3.05, 3.63) is 53.7 Å². The molecule has 0 bridgehead atoms. The summed E-state index contributed by atoms with van der Waals surface area (Å²) in [5.41, 5.74) is 1.55. The highest BCUT2D eigenvalue weighted by Crippen LogP contribution is 2.11. The second-order valence-corrected chi connectivity index (χ2v) is 6.06. The number of hydrogen-bond acceptors (Lipinski definition) is 4. The maximum atomic E-state index is 12.0. The molecule has 1 aromatic carbocycles. The molecule has 0 unspecified atom stereocenters. The van der Waals surface area contributed by atoms with Crippen molar-refractivity contribution in [2.24, 2.45) is 5.92 Å². The zero-order valence-corrected chi connectivity index (χ0v) is 14.0. The topological polar surface area (TPSA) is 58.1 Å². The van der Waals surface area contributed by atoms with Crippen molar-refractivity contribution in [1.29, 1.82) is 0 Å². The normalized spacial score (nSPS) is 10.6. The lowest BCUT2D eigenvalue weighted by Crippen LogP contribution is -2.27. The lowest BCUT2D eigenvalue weighted by molar-refractivity contribution is 0.0946. The minimum absolute atomic E-state index is 0.171. The molecule has 1 heterocycles. The van der Waals surface area contributed by atoms with Crippen molar-refractivity contribution >= 4 is 11.7 Å². The van der Waals surface area contributed by atoms with Gasteiger partial charge in [0.2, 0.25) is 0 Å². The predicted octanol–water partition coefficient (Wildman–Crippen LogP) is 2.89. The monoisotopic (exact) mass is 312 g/mol. The fraction of sp³-hybridized carbons (Fsp3) is 0.389. The summed E-state index contributed by atoms with van der Waals surface area (Å²) < 4.78 is 0. The van der Waals surface area contributed by atoms with Gasteiger partial charge in [-0.1, -0.05) is 44.2 Å². The van der Waals surface area contributed by atoms with Gasteiger partial charge in [0.15, 0.2) is 11.5 Å². The van der Waals surface area contributed by atoms with Gasteiger partial charge in [-0.15, -0.1) is 10.2 Å². The van der Waals surface area contributed by atoms with E-state index in [0.29, 0.717) is 18.2 Å². The molecule has 0 aliphatic carbocycles. The molecule has 0 saturated heterocycles. The Bertz CT molecular complexity index is 611. The van der Waals surface area contributed by atoms with Gasteiger partial charge >= 0.3 is 0 Å². The molecule has 0 spiro atoms. The van der Waals surface area contributed by atoms with E-state index in [1.165, 1.54) is 5.56 Å². The van der Waals surface area contributed by atoms with Crippen LogP contribution in [-0.2, 0) is 6.54 Å². The minimum Gasteiger partial charge on any atom is -0.354 e. The molecule has 0 aliphatic rings. The van der Waals surface area contributed by atoms with E-state index in [9.17, 15) is 4.79 Å². The van der Waals surface area contributed by atoms with Crippen molar-refractivity contribution < 1.29 is 4.79 Å². The summed E-state index contributed by atoms with van der Waals surface area (Å²) in [6.07, 6.45) is 0.955. The summed E-state index contributed by atoms with van der Waals surface area (Å²) in [5.74, 6) is 1.14. The van der Waals surface area contributed by atoms with E-state index in [2.05, 4.69) is 41.5 Å². The molecule has 1 N–H and O–H groups in total. The van der Waals surface area contributed by atoms with Crippen LogP contribution in [0.25, 0.3) is 0 Å². The Morgan fingerprint density at radius 1 is 1.13 bits per heavy atom. The number of aromatic nitrogens is 2. The average molecular weight is 312 g/mol. The van der Waals surface area contributed by atoms with E-state index in [0.717, 1.165) is 18.8 Å². The van der Waals surface area contributed by atoms with E-state index in [1.807, 2.05) is 36.2 Å². The van der Waals surface area contributed by atoms with E-state index in [4.69, 9.17) is 0 Å². The predicted molar refractivity (Wildman–Crippen MR) is 92.4 cm³/mol. The number of benzene rings is 1. The van der Waals surface area contributed by atoms with Gasteiger partial charge in [-0.05, 0) is 30.0 Å². The second-order valence-electron chi connectivity index (χ2n) is 6.06. The van der Waals surface area contributed by atoms with E-state index < -0.39 is 0 Å². The molecule has 23 heavy (non-hydrogen) atoms. The molecule has 1 aromatic heterocycles. The standard InChI is InChI=1S/C18H24N4O/c1-14(2)11-12-19-18(23)16-9-10-17(21-20-16)22(3)13-15-7-5-4-6-8-15/h4-10,14H,11-13H2,1-3H3,(H,19,23). The number of carbonyl (C=O) groups is 1. The van der Waals surface area contributed by atoms with Crippen molar-refractivity contribution in [3.63, 3.8) is 0 Å². The summed E-state index contributed by atoms with van der Waals surface area (Å²) in [5, 5.41) is 11.1. The molecular weight excluding hydrogens is 288 g/mol. The van der Waals surface area contributed by atoms with Crippen LogP contribution in [-0.4, -0.2) is 29.7 Å². The summed E-state index contributed by atoms with van der Waals surface area (Å²) in [6.45, 7) is 5.66. The summed E-state index contributed by atoms with van der Waals surface area (Å²) in [7, 11) is 1.96. The molecule has 2 rings (SSSR count). The summed E-state index contributed by atoms with van der Waals surface area (Å²) in [6, 6.07) is 13.7. The molecule has 5 heteroatoms. The van der Waals surface area contributed by atoms with Crippen LogP contribution in [0, 0.1) is 5.92 Å². The molecule has 1 amide bonds. The lowest BCUT2D eigenvalue weighted by atomic mass is 10.1. The Hall–Kier alpha value is -2.43. The van der Waals surface area contributed by atoms with Gasteiger partial charge in [-0.25, -0.2) is 0 Å². The quantitative estimate of drug-likeness (QED) is 0.854. The number of nitrogens with zero attached hydrogens (tertiary/aromatic N) is 3. The Balaban J connectivity index is 1.92. The third-order valence-electron chi connectivity index (χ3n) is 3.54. The number of nitrogens with one attached hydrogen (secondary N) is 1. The van der Waals surface area contributed by atoms with Crippen LogP contribution in [0.1, 0.15) is 36.3 Å². The fourth-order valence-electron chi connectivity index (χ4n) is 2.15. The minimum atomic E-state index is -0.171. The van der Waals surface area contributed by atoms with Crippen molar-refractivity contribution in [2.45, 2.75) is 26.8 Å². The Morgan fingerprint density at radius 3 is 2.48 bits per heavy atom. The summed E-state index contributed by atoms with van der Waals surface area (Å²) >= 11 is 0. The van der Waals surface area contributed by atoms with E-state index in [1.54, 1.807) is 6.07 Å². The van der Waals surface area contributed by atoms with Crippen LogP contribution >= 0.6 is 0 Å². The molecule has 5 nitrogen and oxygen atoms in total. The van der Waals surface area contributed by atoms with Crippen LogP contribution in [0.3, 0.4) is 0 Å². The number of amides is 1. The first kappa shape index (κ1) is 16.9. The highest BCUT2D eigenvalue weighted by Gasteiger charge is 2.10. The maximum Gasteiger partial charge on any atom is 0.271 e. The van der Waals surface area contributed by atoms with Crippen LogP contribution in [0.5, 0.6) is 0 Å². The molecule has 0 atom stereocenters. The van der Waals surface area contributed by atoms with Gasteiger partial charge in [-0.2, -0.15) is 0 Å². The van der Waals surface area contributed by atoms with Crippen molar-refractivity contribution in [2.75, 3.05) is 18.5 Å². The zero-order valence-electron chi connectivity index (χ0n) is 14.0. The number of hydrogen-bond donors (Lipinski definition) is 1. The third kappa shape index (κ3) is 5.36. The van der Waals surface area contributed by atoms with E-state index in [-0.39, 0.29) is 5.91 Å². The Labute approximate surface area is 137 Å². The van der Waals surface area contributed by atoms with Crippen molar-refractivity contribution in [3.8, 4) is 0 Å². The first-order valence-electron chi connectivity index (χ1n) is 7.93. The summed E-state index contributed by atoms with van der Waals surface area (Å²) in [4.78, 5) is 14.0. The first-order chi connectivity index (χ1) is 11.1. The van der Waals surface area contributed by atoms with Gasteiger partial charge in [0.1, 0.15) is 0 Å². The molecular formula is C18H24N4O. The molecule has 0 saturated carbocycles. The number of rotatable bonds is 7. The smallest absolute Gasteiger partial charge is 0.271 e. The largest absolute Gasteiger partial charge is 0.354 e. The van der Waals surface area contributed by atoms with Gasteiger partial charge in [0, 0.05) is 20.1 Å². The second kappa shape index (κ2) is 8.27. The molecule has 0 aliphatic heterocycles. The highest BCUT2D eigenvalue weighted by atomic mass is 16.1. The van der Waals surface area contributed by atoms with Crippen LogP contribution < -0.4 is 10.2 Å². The van der Waals surface area contributed by atoms with E-state index >= 15 is 0 Å².